The molecule has 1 aliphatic heterocycles. The van der Waals surface area contributed by atoms with Gasteiger partial charge in [0, 0.05) is 26.2 Å². The highest BCUT2D eigenvalue weighted by Crippen LogP contribution is 2.19. The van der Waals surface area contributed by atoms with E-state index in [0.717, 1.165) is 25.2 Å². The van der Waals surface area contributed by atoms with Crippen LogP contribution in [-0.4, -0.2) is 49.9 Å². The Balaban J connectivity index is 1.42. The minimum atomic E-state index is -0.258. The number of aromatic amines is 1. The second-order valence-electron chi connectivity index (χ2n) is 9.50. The van der Waals surface area contributed by atoms with Crippen LogP contribution >= 0.6 is 0 Å². The van der Waals surface area contributed by atoms with Gasteiger partial charge in [0.2, 0.25) is 5.95 Å². The maximum Gasteiger partial charge on any atom is 0.263 e. The van der Waals surface area contributed by atoms with Crippen molar-refractivity contribution in [3.8, 4) is 0 Å². The highest BCUT2D eigenvalue weighted by atomic mass is 16.5. The van der Waals surface area contributed by atoms with Gasteiger partial charge in [-0.25, -0.2) is 4.68 Å². The van der Waals surface area contributed by atoms with E-state index in [0.29, 0.717) is 23.5 Å². The molecule has 2 aromatic heterocycles. The third kappa shape index (κ3) is 4.97. The average molecular weight is 425 g/mol. The summed E-state index contributed by atoms with van der Waals surface area (Å²) >= 11 is 0. The molecule has 0 saturated carbocycles. The van der Waals surface area contributed by atoms with Crippen LogP contribution in [0.25, 0.3) is 11.0 Å². The van der Waals surface area contributed by atoms with Gasteiger partial charge >= 0.3 is 0 Å². The summed E-state index contributed by atoms with van der Waals surface area (Å²) in [5.74, 6) is 0.448. The minimum Gasteiger partial charge on any atom is -0.373 e. The number of nitrogens with one attached hydrogen (secondary N) is 2. The quantitative estimate of drug-likeness (QED) is 0.654. The first kappa shape index (κ1) is 21.5. The topological polar surface area (TPSA) is 88.1 Å². The van der Waals surface area contributed by atoms with Crippen LogP contribution in [0.1, 0.15) is 45.7 Å². The summed E-state index contributed by atoms with van der Waals surface area (Å²) in [5, 5.41) is 8.09. The molecule has 31 heavy (non-hydrogen) atoms. The smallest absolute Gasteiger partial charge is 0.263 e. The van der Waals surface area contributed by atoms with Crippen LogP contribution in [-0.2, 0) is 23.4 Å². The van der Waals surface area contributed by atoms with Gasteiger partial charge in [0.05, 0.1) is 23.9 Å². The van der Waals surface area contributed by atoms with E-state index in [1.807, 2.05) is 20.8 Å². The molecule has 8 nitrogen and oxygen atoms in total. The maximum atomic E-state index is 12.4. The Hall–Kier alpha value is -2.71. The summed E-state index contributed by atoms with van der Waals surface area (Å²) in [5.41, 5.74) is 2.55. The van der Waals surface area contributed by atoms with Crippen molar-refractivity contribution in [3.63, 3.8) is 0 Å². The van der Waals surface area contributed by atoms with Crippen LogP contribution < -0.4 is 10.9 Å². The number of aromatic nitrogens is 4. The molecule has 1 fully saturated rings. The first-order valence-electron chi connectivity index (χ1n) is 10.9. The molecule has 0 spiro atoms. The summed E-state index contributed by atoms with van der Waals surface area (Å²) in [6.45, 7) is 13.8. The van der Waals surface area contributed by atoms with E-state index >= 15 is 0 Å². The van der Waals surface area contributed by atoms with Crippen LogP contribution in [0.4, 0.5) is 5.95 Å². The Morgan fingerprint density at radius 2 is 1.77 bits per heavy atom. The number of ether oxygens (including phenoxy) is 1. The first-order valence-corrected chi connectivity index (χ1v) is 10.9. The lowest BCUT2D eigenvalue weighted by Gasteiger charge is -2.35. The predicted octanol–water partition coefficient (Wildman–Crippen LogP) is 3.10. The van der Waals surface area contributed by atoms with E-state index in [1.54, 1.807) is 10.9 Å². The van der Waals surface area contributed by atoms with Crippen LogP contribution in [0.5, 0.6) is 0 Å². The normalized spacial score (nSPS) is 20.3. The molecule has 4 rings (SSSR count). The molecule has 0 amide bonds. The van der Waals surface area contributed by atoms with Crippen molar-refractivity contribution in [2.24, 2.45) is 0 Å². The standard InChI is InChI=1S/C23H32N6O2/c1-15-12-28(13-16(2)31-15)14-18-8-6-17(7-9-18)10-24-22-26-20-19(21(30)27-22)11-25-29(20)23(3,4)5/h6-9,11,15-16H,10,12-14H2,1-5H3,(H2,24,26,27,30). The summed E-state index contributed by atoms with van der Waals surface area (Å²) in [6.07, 6.45) is 2.12. The molecule has 1 saturated heterocycles. The van der Waals surface area contributed by atoms with Crippen LogP contribution in [0.15, 0.2) is 35.3 Å². The van der Waals surface area contributed by atoms with Gasteiger partial charge in [-0.1, -0.05) is 24.3 Å². The summed E-state index contributed by atoms with van der Waals surface area (Å²) in [7, 11) is 0. The molecule has 3 aromatic rings. The Morgan fingerprint density at radius 3 is 2.42 bits per heavy atom. The molecule has 0 radical (unpaired) electrons. The molecule has 2 unspecified atom stereocenters. The fourth-order valence-electron chi connectivity index (χ4n) is 4.11. The van der Waals surface area contributed by atoms with Crippen molar-refractivity contribution >= 4 is 17.0 Å². The predicted molar refractivity (Wildman–Crippen MR) is 122 cm³/mol. The Kier molecular flexibility index (Phi) is 5.85. The molecule has 0 aliphatic carbocycles. The van der Waals surface area contributed by atoms with Gasteiger partial charge in [-0.2, -0.15) is 10.1 Å². The molecular formula is C23H32N6O2. The molecule has 3 heterocycles. The number of benzene rings is 1. The fourth-order valence-corrected chi connectivity index (χ4v) is 4.11. The maximum absolute atomic E-state index is 12.4. The molecule has 166 valence electrons. The van der Waals surface area contributed by atoms with E-state index in [2.05, 4.69) is 63.4 Å². The lowest BCUT2D eigenvalue weighted by molar-refractivity contribution is -0.0704. The monoisotopic (exact) mass is 424 g/mol. The lowest BCUT2D eigenvalue weighted by atomic mass is 10.1. The van der Waals surface area contributed by atoms with Gasteiger partial charge in [-0.3, -0.25) is 14.7 Å². The molecule has 2 N–H and O–H groups in total. The number of H-pyrrole nitrogens is 1. The van der Waals surface area contributed by atoms with Gasteiger partial charge < -0.3 is 10.1 Å². The van der Waals surface area contributed by atoms with Gasteiger partial charge in [-0.05, 0) is 45.7 Å². The van der Waals surface area contributed by atoms with E-state index in [1.165, 1.54) is 5.56 Å². The van der Waals surface area contributed by atoms with Crippen molar-refractivity contribution in [2.75, 3.05) is 18.4 Å². The second-order valence-corrected chi connectivity index (χ2v) is 9.50. The van der Waals surface area contributed by atoms with Crippen molar-refractivity contribution in [2.45, 2.75) is 65.5 Å². The Morgan fingerprint density at radius 1 is 1.13 bits per heavy atom. The van der Waals surface area contributed by atoms with E-state index in [9.17, 15) is 4.79 Å². The molecule has 1 aliphatic rings. The van der Waals surface area contributed by atoms with Gasteiger partial charge in [0.25, 0.3) is 5.56 Å². The number of nitrogens with zero attached hydrogens (tertiary/aromatic N) is 4. The van der Waals surface area contributed by atoms with Gasteiger partial charge in [0.1, 0.15) is 5.39 Å². The summed E-state index contributed by atoms with van der Waals surface area (Å²) < 4.78 is 7.60. The Labute approximate surface area is 182 Å². The van der Waals surface area contributed by atoms with Crippen molar-refractivity contribution in [1.29, 1.82) is 0 Å². The molecule has 1 aromatic carbocycles. The third-order valence-electron chi connectivity index (χ3n) is 5.46. The largest absolute Gasteiger partial charge is 0.373 e. The van der Waals surface area contributed by atoms with E-state index in [4.69, 9.17) is 4.74 Å². The molecule has 0 bridgehead atoms. The van der Waals surface area contributed by atoms with E-state index < -0.39 is 0 Å². The van der Waals surface area contributed by atoms with Gasteiger partial charge in [-0.15, -0.1) is 0 Å². The number of rotatable bonds is 5. The van der Waals surface area contributed by atoms with Crippen molar-refractivity contribution in [3.05, 3.63) is 51.9 Å². The van der Waals surface area contributed by atoms with Crippen LogP contribution in [0.2, 0.25) is 0 Å². The van der Waals surface area contributed by atoms with E-state index in [-0.39, 0.29) is 23.3 Å². The highest BCUT2D eigenvalue weighted by Gasteiger charge is 2.22. The zero-order valence-corrected chi connectivity index (χ0v) is 19.0. The third-order valence-corrected chi connectivity index (χ3v) is 5.46. The zero-order chi connectivity index (χ0) is 22.2. The zero-order valence-electron chi connectivity index (χ0n) is 19.0. The Bertz CT molecular complexity index is 1090. The summed E-state index contributed by atoms with van der Waals surface area (Å²) in [6, 6.07) is 8.56. The number of fused-ring (bicyclic) bond motifs is 1. The SMILES string of the molecule is CC1CN(Cc2ccc(CNc3nc4c(cnn4C(C)(C)C)c(=O)[nH]3)cc2)CC(C)O1. The lowest BCUT2D eigenvalue weighted by Crippen LogP contribution is -2.44. The first-order chi connectivity index (χ1) is 14.7. The highest BCUT2D eigenvalue weighted by molar-refractivity contribution is 5.74. The number of anilines is 1. The number of hydrogen-bond acceptors (Lipinski definition) is 6. The fraction of sp³-hybridized carbons (Fsp3) is 0.522. The number of morpholine rings is 1. The molecule has 2 atom stereocenters. The molecule has 8 heteroatoms. The minimum absolute atomic E-state index is 0.188. The van der Waals surface area contributed by atoms with Crippen molar-refractivity contribution in [1.82, 2.24) is 24.6 Å². The summed E-state index contributed by atoms with van der Waals surface area (Å²) in [4.78, 5) is 22.3. The van der Waals surface area contributed by atoms with Gasteiger partial charge in [0.15, 0.2) is 5.65 Å². The average Bonchev–Trinajstić information content (AvgIpc) is 3.12. The van der Waals surface area contributed by atoms with Crippen LogP contribution in [0, 0.1) is 0 Å². The van der Waals surface area contributed by atoms with Crippen LogP contribution in [0.3, 0.4) is 0 Å². The molecular weight excluding hydrogens is 392 g/mol. The second kappa shape index (κ2) is 8.43. The van der Waals surface area contributed by atoms with Crippen molar-refractivity contribution < 1.29 is 4.74 Å². The number of hydrogen-bond donors (Lipinski definition) is 2.